The van der Waals surface area contributed by atoms with Crippen molar-refractivity contribution in [1.29, 1.82) is 0 Å². The number of hydrogen-bond donors (Lipinski definition) is 1. The van der Waals surface area contributed by atoms with Crippen molar-refractivity contribution < 1.29 is 4.79 Å². The Morgan fingerprint density at radius 1 is 1.60 bits per heavy atom. The largest absolute Gasteiger partial charge is 0.313 e. The second-order valence-corrected chi connectivity index (χ2v) is 2.89. The zero-order chi connectivity index (χ0) is 7.72. The van der Waals surface area contributed by atoms with Crippen LogP contribution in [-0.4, -0.2) is 17.8 Å². The molecular formula is C7H12N2O. The van der Waals surface area contributed by atoms with Crippen LogP contribution in [0.2, 0.25) is 0 Å². The first-order valence-corrected chi connectivity index (χ1v) is 3.46. The van der Waals surface area contributed by atoms with Gasteiger partial charge in [-0.2, -0.15) is 0 Å². The Bertz CT molecular complexity index is 184. The molecule has 1 heterocycles. The van der Waals surface area contributed by atoms with Gasteiger partial charge in [-0.3, -0.25) is 9.79 Å². The van der Waals surface area contributed by atoms with E-state index >= 15 is 0 Å². The molecule has 10 heavy (non-hydrogen) atoms. The van der Waals surface area contributed by atoms with Crippen LogP contribution in [0.15, 0.2) is 4.99 Å². The lowest BCUT2D eigenvalue weighted by Crippen LogP contribution is -2.30. The van der Waals surface area contributed by atoms with Crippen molar-refractivity contribution in [2.75, 3.05) is 0 Å². The Morgan fingerprint density at radius 2 is 2.20 bits per heavy atom. The molecule has 0 saturated heterocycles. The van der Waals surface area contributed by atoms with Gasteiger partial charge in [0.15, 0.2) is 0 Å². The van der Waals surface area contributed by atoms with Gasteiger partial charge in [0.05, 0.1) is 0 Å². The van der Waals surface area contributed by atoms with Gasteiger partial charge in [0, 0.05) is 0 Å². The third-order valence-corrected chi connectivity index (χ3v) is 1.54. The molecule has 0 spiro atoms. The van der Waals surface area contributed by atoms with E-state index in [1.165, 1.54) is 0 Å². The summed E-state index contributed by atoms with van der Waals surface area (Å²) in [5, 5.41) is 2.66. The molecule has 1 atom stereocenters. The zero-order valence-corrected chi connectivity index (χ0v) is 6.51. The van der Waals surface area contributed by atoms with E-state index in [1.807, 2.05) is 13.8 Å². The van der Waals surface area contributed by atoms with Gasteiger partial charge < -0.3 is 5.32 Å². The van der Waals surface area contributed by atoms with E-state index in [4.69, 9.17) is 0 Å². The van der Waals surface area contributed by atoms with Crippen molar-refractivity contribution in [3.8, 4) is 0 Å². The molecule has 0 fully saturated rings. The van der Waals surface area contributed by atoms with E-state index in [2.05, 4.69) is 10.3 Å². The summed E-state index contributed by atoms with van der Waals surface area (Å²) in [6.07, 6.45) is 0. The molecule has 3 heteroatoms. The van der Waals surface area contributed by atoms with E-state index < -0.39 is 0 Å². The second kappa shape index (κ2) is 2.40. The fraction of sp³-hybridized carbons (Fsp3) is 0.714. The van der Waals surface area contributed by atoms with E-state index in [-0.39, 0.29) is 11.9 Å². The van der Waals surface area contributed by atoms with E-state index in [0.29, 0.717) is 5.92 Å². The van der Waals surface area contributed by atoms with Crippen LogP contribution in [0.4, 0.5) is 0 Å². The molecule has 0 radical (unpaired) electrons. The molecule has 1 amide bonds. The Balaban J connectivity index is 2.69. The monoisotopic (exact) mass is 140 g/mol. The van der Waals surface area contributed by atoms with Gasteiger partial charge in [-0.25, -0.2) is 0 Å². The maximum absolute atomic E-state index is 11.0. The lowest BCUT2D eigenvalue weighted by molar-refractivity contribution is -0.120. The minimum absolute atomic E-state index is 0.0347. The van der Waals surface area contributed by atoms with Gasteiger partial charge in [0.25, 0.3) is 0 Å². The van der Waals surface area contributed by atoms with Crippen LogP contribution >= 0.6 is 0 Å². The fourth-order valence-corrected chi connectivity index (χ4v) is 1.00. The summed E-state index contributed by atoms with van der Waals surface area (Å²) in [7, 11) is 0. The third-order valence-electron chi connectivity index (χ3n) is 1.54. The maximum Gasteiger partial charge on any atom is 0.250 e. The molecule has 0 aromatic carbocycles. The van der Waals surface area contributed by atoms with Gasteiger partial charge >= 0.3 is 0 Å². The molecule has 1 aliphatic heterocycles. The predicted octanol–water partition coefficient (Wildman–Crippen LogP) is 0.559. The summed E-state index contributed by atoms with van der Waals surface area (Å²) in [6, 6.07) is -0.153. The smallest absolute Gasteiger partial charge is 0.250 e. The second-order valence-electron chi connectivity index (χ2n) is 2.89. The quantitative estimate of drug-likeness (QED) is 0.568. The molecule has 1 rings (SSSR count). The Kier molecular flexibility index (Phi) is 1.74. The molecule has 0 bridgehead atoms. The highest BCUT2D eigenvalue weighted by molar-refractivity contribution is 6.04. The SMILES string of the molecule is CC1=NC(C(C)C)C(=O)N1. The average Bonchev–Trinajstić information content (AvgIpc) is 2.10. The summed E-state index contributed by atoms with van der Waals surface area (Å²) in [4.78, 5) is 15.1. The summed E-state index contributed by atoms with van der Waals surface area (Å²) in [5.74, 6) is 1.08. The van der Waals surface area contributed by atoms with Crippen LogP contribution in [0.5, 0.6) is 0 Å². The summed E-state index contributed by atoms with van der Waals surface area (Å²) >= 11 is 0. The topological polar surface area (TPSA) is 41.5 Å². The maximum atomic E-state index is 11.0. The fourth-order valence-electron chi connectivity index (χ4n) is 1.00. The number of nitrogens with one attached hydrogen (secondary N) is 1. The lowest BCUT2D eigenvalue weighted by Gasteiger charge is -2.06. The van der Waals surface area contributed by atoms with Gasteiger partial charge in [-0.05, 0) is 12.8 Å². The molecule has 1 N–H and O–H groups in total. The van der Waals surface area contributed by atoms with E-state index in [1.54, 1.807) is 6.92 Å². The first-order chi connectivity index (χ1) is 4.61. The molecular weight excluding hydrogens is 128 g/mol. The number of carbonyl (C=O) groups excluding carboxylic acids is 1. The van der Waals surface area contributed by atoms with Crippen molar-refractivity contribution in [1.82, 2.24) is 5.32 Å². The Labute approximate surface area is 60.5 Å². The van der Waals surface area contributed by atoms with Gasteiger partial charge in [-0.15, -0.1) is 0 Å². The molecule has 0 aromatic heterocycles. The molecule has 1 aliphatic rings. The van der Waals surface area contributed by atoms with Gasteiger partial charge in [0.2, 0.25) is 5.91 Å². The summed E-state index contributed by atoms with van der Waals surface area (Å²) < 4.78 is 0. The predicted molar refractivity (Wildman–Crippen MR) is 39.9 cm³/mol. The minimum Gasteiger partial charge on any atom is -0.313 e. The average molecular weight is 140 g/mol. The van der Waals surface area contributed by atoms with Crippen LogP contribution in [-0.2, 0) is 4.79 Å². The number of amides is 1. The normalized spacial score (nSPS) is 25.0. The lowest BCUT2D eigenvalue weighted by atomic mass is 10.1. The standard InChI is InChI=1S/C7H12N2O/c1-4(2)6-7(10)9-5(3)8-6/h4,6H,1-3H3,(H,8,9,10). The van der Waals surface area contributed by atoms with Crippen molar-refractivity contribution in [3.05, 3.63) is 0 Å². The summed E-state index contributed by atoms with van der Waals surface area (Å²) in [6.45, 7) is 5.79. The number of hydrogen-bond acceptors (Lipinski definition) is 2. The van der Waals surface area contributed by atoms with Crippen LogP contribution < -0.4 is 5.32 Å². The number of aliphatic imine (C=N–C) groups is 1. The highest BCUT2D eigenvalue weighted by Gasteiger charge is 2.26. The van der Waals surface area contributed by atoms with Crippen LogP contribution in [0.3, 0.4) is 0 Å². The molecule has 3 nitrogen and oxygen atoms in total. The minimum atomic E-state index is -0.153. The molecule has 56 valence electrons. The van der Waals surface area contributed by atoms with Gasteiger partial charge in [-0.1, -0.05) is 13.8 Å². The van der Waals surface area contributed by atoms with E-state index in [0.717, 1.165) is 5.84 Å². The van der Waals surface area contributed by atoms with Crippen molar-refractivity contribution in [2.45, 2.75) is 26.8 Å². The summed E-state index contributed by atoms with van der Waals surface area (Å²) in [5.41, 5.74) is 0. The highest BCUT2D eigenvalue weighted by Crippen LogP contribution is 2.10. The molecule has 1 unspecified atom stereocenters. The number of amidine groups is 1. The number of rotatable bonds is 1. The first-order valence-electron chi connectivity index (χ1n) is 3.46. The Morgan fingerprint density at radius 3 is 2.40 bits per heavy atom. The highest BCUT2D eigenvalue weighted by atomic mass is 16.2. The zero-order valence-electron chi connectivity index (χ0n) is 6.51. The van der Waals surface area contributed by atoms with Crippen molar-refractivity contribution >= 4 is 11.7 Å². The first kappa shape index (κ1) is 7.25. The van der Waals surface area contributed by atoms with Crippen molar-refractivity contribution in [3.63, 3.8) is 0 Å². The number of carbonyl (C=O) groups is 1. The molecule has 0 aliphatic carbocycles. The van der Waals surface area contributed by atoms with Gasteiger partial charge in [0.1, 0.15) is 11.9 Å². The van der Waals surface area contributed by atoms with Crippen LogP contribution in [0.25, 0.3) is 0 Å². The van der Waals surface area contributed by atoms with E-state index in [9.17, 15) is 4.79 Å². The van der Waals surface area contributed by atoms with Crippen LogP contribution in [0.1, 0.15) is 20.8 Å². The van der Waals surface area contributed by atoms with Crippen molar-refractivity contribution in [2.24, 2.45) is 10.9 Å². The Hall–Kier alpha value is -0.860. The molecule has 0 saturated carbocycles. The number of nitrogens with zero attached hydrogens (tertiary/aromatic N) is 1. The molecule has 0 aromatic rings. The van der Waals surface area contributed by atoms with Crippen LogP contribution in [0, 0.1) is 5.92 Å². The third kappa shape index (κ3) is 1.17.